The first-order chi connectivity index (χ1) is 17.8. The number of nitrogens with one attached hydrogen (secondary N) is 1. The van der Waals surface area contributed by atoms with Gasteiger partial charge in [0, 0.05) is 12.1 Å². The van der Waals surface area contributed by atoms with Gasteiger partial charge in [-0.1, -0.05) is 78.9 Å². The lowest BCUT2D eigenvalue weighted by molar-refractivity contribution is -0.384. The van der Waals surface area contributed by atoms with Crippen LogP contribution in [-0.4, -0.2) is 25.8 Å². The fraction of sp³-hybridized carbons (Fsp3) is 0.107. The van der Waals surface area contributed by atoms with Crippen molar-refractivity contribution < 1.29 is 18.1 Å². The molecule has 0 unspecified atom stereocenters. The van der Waals surface area contributed by atoms with E-state index in [4.69, 9.17) is 0 Å². The molecule has 0 aliphatic rings. The number of amides is 1. The van der Waals surface area contributed by atoms with Gasteiger partial charge in [-0.25, -0.2) is 8.42 Å². The van der Waals surface area contributed by atoms with Crippen molar-refractivity contribution in [3.63, 3.8) is 0 Å². The van der Waals surface area contributed by atoms with Gasteiger partial charge >= 0.3 is 0 Å². The molecule has 0 aromatic heterocycles. The summed E-state index contributed by atoms with van der Waals surface area (Å²) in [5, 5.41) is 14.3. The zero-order valence-electron chi connectivity index (χ0n) is 20.0. The number of carbonyl (C=O) groups excluding carboxylic acids is 1. The fourth-order valence-corrected chi connectivity index (χ4v) is 5.46. The number of rotatable bonds is 9. The van der Waals surface area contributed by atoms with Crippen LogP contribution < -0.4 is 9.62 Å². The van der Waals surface area contributed by atoms with Crippen LogP contribution >= 0.6 is 0 Å². The first kappa shape index (κ1) is 25.6. The van der Waals surface area contributed by atoms with Crippen LogP contribution in [0, 0.1) is 17.0 Å². The van der Waals surface area contributed by atoms with Crippen molar-refractivity contribution in [2.24, 2.45) is 0 Å². The highest BCUT2D eigenvalue weighted by Gasteiger charge is 2.29. The minimum absolute atomic E-state index is 0.0142. The Hall–Kier alpha value is -4.50. The van der Waals surface area contributed by atoms with Crippen molar-refractivity contribution >= 4 is 27.3 Å². The lowest BCUT2D eigenvalue weighted by Crippen LogP contribution is -2.42. The smallest absolute Gasteiger partial charge is 0.271 e. The van der Waals surface area contributed by atoms with E-state index in [0.717, 1.165) is 27.1 Å². The Morgan fingerprint density at radius 1 is 0.892 bits per heavy atom. The second kappa shape index (κ2) is 11.0. The van der Waals surface area contributed by atoms with Gasteiger partial charge in [0.15, 0.2) is 0 Å². The summed E-state index contributed by atoms with van der Waals surface area (Å²) in [4.78, 5) is 24.2. The molecular weight excluding hydrogens is 490 g/mol. The van der Waals surface area contributed by atoms with Crippen molar-refractivity contribution in [2.45, 2.75) is 17.9 Å². The van der Waals surface area contributed by atoms with E-state index in [1.807, 2.05) is 61.5 Å². The van der Waals surface area contributed by atoms with Crippen LogP contribution in [0.2, 0.25) is 0 Å². The van der Waals surface area contributed by atoms with Crippen LogP contribution in [0.3, 0.4) is 0 Å². The van der Waals surface area contributed by atoms with Crippen LogP contribution in [0.5, 0.6) is 0 Å². The lowest BCUT2D eigenvalue weighted by atomic mass is 9.95. The number of aryl methyl sites for hydroxylation is 1. The van der Waals surface area contributed by atoms with E-state index < -0.39 is 33.4 Å². The zero-order chi connectivity index (χ0) is 26.4. The van der Waals surface area contributed by atoms with Gasteiger partial charge in [0.25, 0.3) is 15.7 Å². The van der Waals surface area contributed by atoms with E-state index in [9.17, 15) is 23.3 Å². The van der Waals surface area contributed by atoms with Gasteiger partial charge in [-0.3, -0.25) is 19.2 Å². The van der Waals surface area contributed by atoms with Gasteiger partial charge in [-0.05, 0) is 41.8 Å². The molecule has 1 N–H and O–H groups in total. The highest BCUT2D eigenvalue weighted by molar-refractivity contribution is 7.92. The molecule has 188 valence electrons. The molecule has 4 aromatic carbocycles. The molecule has 9 heteroatoms. The minimum Gasteiger partial charge on any atom is -0.344 e. The van der Waals surface area contributed by atoms with Gasteiger partial charge in [0.1, 0.15) is 6.54 Å². The maximum atomic E-state index is 13.6. The van der Waals surface area contributed by atoms with Gasteiger partial charge in [0.2, 0.25) is 5.91 Å². The largest absolute Gasteiger partial charge is 0.344 e. The Kier molecular flexibility index (Phi) is 7.64. The highest BCUT2D eigenvalue weighted by Crippen LogP contribution is 2.28. The maximum absolute atomic E-state index is 13.6. The predicted octanol–water partition coefficient (Wildman–Crippen LogP) is 5.00. The van der Waals surface area contributed by atoms with Gasteiger partial charge < -0.3 is 5.32 Å². The molecule has 0 aliphatic heterocycles. The van der Waals surface area contributed by atoms with E-state index in [1.54, 1.807) is 18.2 Å². The molecule has 0 bridgehead atoms. The Bertz CT molecular complexity index is 1510. The molecule has 1 atom stereocenters. The number of hydrogen-bond donors (Lipinski definition) is 1. The van der Waals surface area contributed by atoms with Gasteiger partial charge in [-0.15, -0.1) is 0 Å². The standard InChI is InChI=1S/C28H25N3O5S/c1-21-11-8-9-18-26(21)28(22-12-4-2-5-13-22)29-27(32)20-30(23-14-10-15-24(19-23)31(33)34)37(35,36)25-16-6-3-7-17-25/h2-19,28H,20H2,1H3,(H,29,32)/t28-/m1/s1. The molecule has 8 nitrogen and oxygen atoms in total. The molecule has 0 saturated heterocycles. The number of non-ortho nitro benzene ring substituents is 1. The van der Waals surface area contributed by atoms with Crippen LogP contribution in [0.15, 0.2) is 114 Å². The van der Waals surface area contributed by atoms with E-state index in [-0.39, 0.29) is 16.3 Å². The van der Waals surface area contributed by atoms with Crippen LogP contribution in [0.4, 0.5) is 11.4 Å². The SMILES string of the molecule is Cc1ccccc1[C@H](NC(=O)CN(c1cccc([N+](=O)[O-])c1)S(=O)(=O)c1ccccc1)c1ccccc1. The molecule has 0 aliphatic carbocycles. The van der Waals surface area contributed by atoms with Crippen molar-refractivity contribution in [3.8, 4) is 0 Å². The summed E-state index contributed by atoms with van der Waals surface area (Å²) in [6.45, 7) is 1.36. The summed E-state index contributed by atoms with van der Waals surface area (Å²) in [5.41, 5.74) is 2.39. The zero-order valence-corrected chi connectivity index (χ0v) is 20.8. The quantitative estimate of drug-likeness (QED) is 0.249. The Labute approximate surface area is 215 Å². The van der Waals surface area contributed by atoms with Gasteiger partial charge in [0.05, 0.1) is 21.5 Å². The van der Waals surface area contributed by atoms with Crippen LogP contribution in [0.25, 0.3) is 0 Å². The van der Waals surface area contributed by atoms with Crippen molar-refractivity contribution in [1.29, 1.82) is 0 Å². The predicted molar refractivity (Wildman–Crippen MR) is 142 cm³/mol. The van der Waals surface area contributed by atoms with Crippen molar-refractivity contribution in [1.82, 2.24) is 5.32 Å². The summed E-state index contributed by atoms with van der Waals surface area (Å²) in [5.74, 6) is -0.567. The number of nitrogens with zero attached hydrogens (tertiary/aromatic N) is 2. The first-order valence-corrected chi connectivity index (χ1v) is 12.9. The third-order valence-electron chi connectivity index (χ3n) is 5.88. The van der Waals surface area contributed by atoms with Gasteiger partial charge in [-0.2, -0.15) is 0 Å². The summed E-state index contributed by atoms with van der Waals surface area (Å²) >= 11 is 0. The third kappa shape index (κ3) is 5.84. The van der Waals surface area contributed by atoms with E-state index >= 15 is 0 Å². The van der Waals surface area contributed by atoms with E-state index in [1.165, 1.54) is 30.3 Å². The fourth-order valence-electron chi connectivity index (χ4n) is 4.03. The number of nitro benzene ring substituents is 1. The molecule has 0 spiro atoms. The minimum atomic E-state index is -4.21. The third-order valence-corrected chi connectivity index (χ3v) is 7.67. The average Bonchev–Trinajstić information content (AvgIpc) is 2.92. The Balaban J connectivity index is 1.72. The number of sulfonamides is 1. The molecule has 4 aromatic rings. The summed E-state index contributed by atoms with van der Waals surface area (Å²) in [7, 11) is -4.21. The topological polar surface area (TPSA) is 110 Å². The van der Waals surface area contributed by atoms with Crippen molar-refractivity contribution in [2.75, 3.05) is 10.8 Å². The number of carbonyl (C=O) groups is 1. The Morgan fingerprint density at radius 2 is 1.51 bits per heavy atom. The van der Waals surface area contributed by atoms with Crippen LogP contribution in [0.1, 0.15) is 22.7 Å². The summed E-state index contributed by atoms with van der Waals surface area (Å²) in [6, 6.07) is 29.3. The molecule has 4 rings (SSSR count). The number of hydrogen-bond acceptors (Lipinski definition) is 5. The first-order valence-electron chi connectivity index (χ1n) is 11.5. The second-order valence-corrected chi connectivity index (χ2v) is 10.2. The molecular formula is C28H25N3O5S. The molecule has 0 radical (unpaired) electrons. The molecule has 37 heavy (non-hydrogen) atoms. The molecule has 0 saturated carbocycles. The van der Waals surface area contributed by atoms with Crippen molar-refractivity contribution in [3.05, 3.63) is 136 Å². The summed E-state index contributed by atoms with van der Waals surface area (Å²) < 4.78 is 28.1. The number of nitro groups is 1. The average molecular weight is 516 g/mol. The molecule has 0 fully saturated rings. The summed E-state index contributed by atoms with van der Waals surface area (Å²) in [6.07, 6.45) is 0. The highest BCUT2D eigenvalue weighted by atomic mass is 32.2. The van der Waals surface area contributed by atoms with Crippen LogP contribution in [-0.2, 0) is 14.8 Å². The molecule has 1 amide bonds. The Morgan fingerprint density at radius 3 is 2.16 bits per heavy atom. The second-order valence-electron chi connectivity index (χ2n) is 8.37. The normalized spacial score (nSPS) is 11.9. The van der Waals surface area contributed by atoms with E-state index in [2.05, 4.69) is 5.32 Å². The lowest BCUT2D eigenvalue weighted by Gasteiger charge is -2.26. The monoisotopic (exact) mass is 515 g/mol. The maximum Gasteiger partial charge on any atom is 0.271 e. The number of benzene rings is 4. The molecule has 0 heterocycles. The number of anilines is 1. The van der Waals surface area contributed by atoms with E-state index in [0.29, 0.717) is 0 Å².